The summed E-state index contributed by atoms with van der Waals surface area (Å²) < 4.78 is 5.28. The normalized spacial score (nSPS) is 20.0. The van der Waals surface area contributed by atoms with E-state index < -0.39 is 12.0 Å². The van der Waals surface area contributed by atoms with Crippen molar-refractivity contribution in [2.75, 3.05) is 13.2 Å². The van der Waals surface area contributed by atoms with Crippen molar-refractivity contribution in [3.63, 3.8) is 0 Å². The Morgan fingerprint density at radius 2 is 1.84 bits per heavy atom. The number of amides is 1. The second-order valence-electron chi connectivity index (χ2n) is 5.77. The van der Waals surface area contributed by atoms with Gasteiger partial charge in [-0.15, -0.1) is 0 Å². The molecule has 1 amide bonds. The molecule has 0 spiro atoms. The van der Waals surface area contributed by atoms with Crippen LogP contribution in [0.25, 0.3) is 0 Å². The molecule has 5 heteroatoms. The monoisotopic (exact) mass is 271 g/mol. The van der Waals surface area contributed by atoms with Crippen LogP contribution in [0.1, 0.15) is 40.0 Å². The van der Waals surface area contributed by atoms with Crippen LogP contribution in [0.2, 0.25) is 0 Å². The second kappa shape index (κ2) is 7.48. The van der Waals surface area contributed by atoms with Gasteiger partial charge in [0.25, 0.3) is 0 Å². The first-order chi connectivity index (χ1) is 8.91. The van der Waals surface area contributed by atoms with Crippen LogP contribution in [-0.2, 0) is 14.3 Å². The number of ether oxygens (including phenoxy) is 1. The Morgan fingerprint density at radius 1 is 1.26 bits per heavy atom. The van der Waals surface area contributed by atoms with E-state index in [9.17, 15) is 9.59 Å². The van der Waals surface area contributed by atoms with Gasteiger partial charge in [0.05, 0.1) is 0 Å². The lowest BCUT2D eigenvalue weighted by Gasteiger charge is -2.28. The molecule has 0 aromatic rings. The molecule has 1 saturated heterocycles. The van der Waals surface area contributed by atoms with E-state index in [1.165, 1.54) is 0 Å². The molecular weight excluding hydrogens is 246 g/mol. The fourth-order valence-electron chi connectivity index (χ4n) is 2.43. The minimum Gasteiger partial charge on any atom is -0.480 e. The van der Waals surface area contributed by atoms with Gasteiger partial charge in [0.1, 0.15) is 6.04 Å². The number of carboxylic acids is 1. The lowest BCUT2D eigenvalue weighted by atomic mass is 9.86. The number of aliphatic carboxylic acids is 1. The van der Waals surface area contributed by atoms with Gasteiger partial charge < -0.3 is 15.2 Å². The maximum atomic E-state index is 12.1. The summed E-state index contributed by atoms with van der Waals surface area (Å²) in [6, 6.07) is -0.783. The molecule has 1 fully saturated rings. The van der Waals surface area contributed by atoms with Crippen LogP contribution in [0.15, 0.2) is 0 Å². The van der Waals surface area contributed by atoms with Crippen molar-refractivity contribution in [1.82, 2.24) is 5.32 Å². The van der Waals surface area contributed by atoms with Crippen LogP contribution in [0.3, 0.4) is 0 Å². The molecule has 1 aliphatic rings. The molecule has 0 aliphatic carbocycles. The van der Waals surface area contributed by atoms with Crippen molar-refractivity contribution in [2.24, 2.45) is 17.8 Å². The largest absolute Gasteiger partial charge is 0.480 e. The molecule has 0 bridgehead atoms. The van der Waals surface area contributed by atoms with Crippen molar-refractivity contribution in [2.45, 2.75) is 46.1 Å². The van der Waals surface area contributed by atoms with E-state index in [4.69, 9.17) is 9.84 Å². The van der Waals surface area contributed by atoms with E-state index in [1.807, 2.05) is 20.8 Å². The van der Waals surface area contributed by atoms with Crippen molar-refractivity contribution in [3.05, 3.63) is 0 Å². The van der Waals surface area contributed by atoms with Crippen molar-refractivity contribution < 1.29 is 19.4 Å². The topological polar surface area (TPSA) is 75.6 Å². The molecule has 1 heterocycles. The summed E-state index contributed by atoms with van der Waals surface area (Å²) in [4.78, 5) is 23.3. The van der Waals surface area contributed by atoms with E-state index in [0.29, 0.717) is 25.6 Å². The highest BCUT2D eigenvalue weighted by molar-refractivity contribution is 5.84. The van der Waals surface area contributed by atoms with E-state index in [2.05, 4.69) is 5.32 Å². The summed E-state index contributed by atoms with van der Waals surface area (Å²) in [7, 11) is 0. The first-order valence-corrected chi connectivity index (χ1v) is 7.02. The van der Waals surface area contributed by atoms with E-state index in [0.717, 1.165) is 12.8 Å². The third-order valence-corrected chi connectivity index (χ3v) is 3.71. The van der Waals surface area contributed by atoms with E-state index in [1.54, 1.807) is 0 Å². The molecule has 2 atom stereocenters. The number of nitrogens with one attached hydrogen (secondary N) is 1. The van der Waals surface area contributed by atoms with Crippen molar-refractivity contribution >= 4 is 11.9 Å². The smallest absolute Gasteiger partial charge is 0.326 e. The van der Waals surface area contributed by atoms with Gasteiger partial charge in [-0.3, -0.25) is 4.79 Å². The zero-order chi connectivity index (χ0) is 14.4. The van der Waals surface area contributed by atoms with Crippen molar-refractivity contribution in [3.8, 4) is 0 Å². The quantitative estimate of drug-likeness (QED) is 0.770. The third-order valence-electron chi connectivity index (χ3n) is 3.71. The Morgan fingerprint density at radius 3 is 2.32 bits per heavy atom. The van der Waals surface area contributed by atoms with E-state index >= 15 is 0 Å². The minimum absolute atomic E-state index is 0.153. The van der Waals surface area contributed by atoms with Crippen LogP contribution in [0.4, 0.5) is 0 Å². The molecule has 19 heavy (non-hydrogen) atoms. The van der Waals surface area contributed by atoms with Gasteiger partial charge in [-0.05, 0) is 31.1 Å². The SMILES string of the molecule is CC(C)CC(NC(=O)C(C)C1CCOCC1)C(=O)O. The molecule has 0 saturated carbocycles. The van der Waals surface area contributed by atoms with Crippen LogP contribution < -0.4 is 5.32 Å². The summed E-state index contributed by atoms with van der Waals surface area (Å²) >= 11 is 0. The predicted octanol–water partition coefficient (Wildman–Crippen LogP) is 1.66. The summed E-state index contributed by atoms with van der Waals surface area (Å²) in [5, 5.41) is 11.8. The number of rotatable bonds is 6. The molecule has 0 radical (unpaired) electrons. The van der Waals surface area contributed by atoms with E-state index in [-0.39, 0.29) is 17.7 Å². The summed E-state index contributed by atoms with van der Waals surface area (Å²) in [5.74, 6) is -0.735. The molecule has 1 aliphatic heterocycles. The lowest BCUT2D eigenvalue weighted by molar-refractivity contribution is -0.143. The highest BCUT2D eigenvalue weighted by Gasteiger charge is 2.29. The fraction of sp³-hybridized carbons (Fsp3) is 0.857. The molecule has 0 aromatic heterocycles. The summed E-state index contributed by atoms with van der Waals surface area (Å²) in [6.07, 6.45) is 2.20. The second-order valence-corrected chi connectivity index (χ2v) is 5.77. The number of hydrogen-bond acceptors (Lipinski definition) is 3. The highest BCUT2D eigenvalue weighted by atomic mass is 16.5. The molecule has 110 valence electrons. The third kappa shape index (κ3) is 5.19. The van der Waals surface area contributed by atoms with Gasteiger partial charge in [0.2, 0.25) is 5.91 Å². The number of carboxylic acid groups (broad SMARTS) is 1. The Kier molecular flexibility index (Phi) is 6.28. The highest BCUT2D eigenvalue weighted by Crippen LogP contribution is 2.23. The van der Waals surface area contributed by atoms with Gasteiger partial charge in [-0.2, -0.15) is 0 Å². The maximum Gasteiger partial charge on any atom is 0.326 e. The Balaban J connectivity index is 2.52. The predicted molar refractivity (Wildman–Crippen MR) is 71.7 cm³/mol. The summed E-state index contributed by atoms with van der Waals surface area (Å²) in [6.45, 7) is 7.15. The first-order valence-electron chi connectivity index (χ1n) is 7.02. The molecule has 5 nitrogen and oxygen atoms in total. The molecule has 1 rings (SSSR count). The molecule has 2 unspecified atom stereocenters. The Labute approximate surface area is 114 Å². The van der Waals surface area contributed by atoms with Gasteiger partial charge in [-0.25, -0.2) is 4.79 Å². The summed E-state index contributed by atoms with van der Waals surface area (Å²) in [5.41, 5.74) is 0. The average Bonchev–Trinajstić information content (AvgIpc) is 2.37. The van der Waals surface area contributed by atoms with Crippen LogP contribution >= 0.6 is 0 Å². The minimum atomic E-state index is -0.957. The van der Waals surface area contributed by atoms with Crippen LogP contribution in [-0.4, -0.2) is 36.2 Å². The standard InChI is InChI=1S/C14H25NO4/c1-9(2)8-12(14(17)18)15-13(16)10(3)11-4-6-19-7-5-11/h9-12H,4-8H2,1-3H3,(H,15,16)(H,17,18). The number of carbonyl (C=O) groups excluding carboxylic acids is 1. The van der Waals surface area contributed by atoms with Gasteiger partial charge in [-0.1, -0.05) is 20.8 Å². The first kappa shape index (κ1) is 16.0. The van der Waals surface area contributed by atoms with Crippen molar-refractivity contribution in [1.29, 1.82) is 0 Å². The molecular formula is C14H25NO4. The maximum absolute atomic E-state index is 12.1. The number of carbonyl (C=O) groups is 2. The Bertz CT molecular complexity index is 311. The van der Waals surface area contributed by atoms with Crippen LogP contribution in [0, 0.1) is 17.8 Å². The lowest BCUT2D eigenvalue weighted by Crippen LogP contribution is -2.45. The average molecular weight is 271 g/mol. The Hall–Kier alpha value is -1.10. The van der Waals surface area contributed by atoms with Gasteiger partial charge in [0.15, 0.2) is 0 Å². The zero-order valence-electron chi connectivity index (χ0n) is 12.0. The zero-order valence-corrected chi connectivity index (χ0v) is 12.0. The van der Waals surface area contributed by atoms with Gasteiger partial charge >= 0.3 is 5.97 Å². The number of hydrogen-bond donors (Lipinski definition) is 2. The fourth-order valence-corrected chi connectivity index (χ4v) is 2.43. The van der Waals surface area contributed by atoms with Gasteiger partial charge in [0, 0.05) is 19.1 Å². The van der Waals surface area contributed by atoms with Crippen LogP contribution in [0.5, 0.6) is 0 Å². The molecule has 2 N–H and O–H groups in total. The molecule has 0 aromatic carbocycles.